The largest absolute Gasteiger partial charge is 0.467 e. The molecule has 178 valence electrons. The summed E-state index contributed by atoms with van der Waals surface area (Å²) in [5.41, 5.74) is 2.64. The molecule has 0 saturated carbocycles. The van der Waals surface area contributed by atoms with Crippen molar-refractivity contribution >= 4 is 29.9 Å². The zero-order valence-electron chi connectivity index (χ0n) is 19.4. The van der Waals surface area contributed by atoms with Crippen molar-refractivity contribution in [3.63, 3.8) is 0 Å². The Morgan fingerprint density at radius 1 is 1.09 bits per heavy atom. The monoisotopic (exact) mass is 556 g/mol. The van der Waals surface area contributed by atoms with Crippen LogP contribution >= 0.6 is 24.0 Å². The van der Waals surface area contributed by atoms with Crippen molar-refractivity contribution in [2.24, 2.45) is 4.99 Å². The van der Waals surface area contributed by atoms with Gasteiger partial charge in [-0.05, 0) is 43.5 Å². The van der Waals surface area contributed by atoms with E-state index in [4.69, 9.17) is 13.9 Å². The molecule has 0 spiro atoms. The number of nitrogens with zero attached hydrogens (tertiary/aromatic N) is 2. The van der Waals surface area contributed by atoms with Gasteiger partial charge in [-0.15, -0.1) is 24.0 Å². The maximum absolute atomic E-state index is 5.87. The molecule has 1 aliphatic heterocycles. The van der Waals surface area contributed by atoms with Crippen LogP contribution in [0.1, 0.15) is 37.2 Å². The van der Waals surface area contributed by atoms with E-state index in [1.807, 2.05) is 12.1 Å². The van der Waals surface area contributed by atoms with Crippen molar-refractivity contribution in [3.05, 3.63) is 59.5 Å². The van der Waals surface area contributed by atoms with E-state index in [1.165, 1.54) is 11.1 Å². The molecule has 2 N–H and O–H groups in total. The molecule has 2 heterocycles. The van der Waals surface area contributed by atoms with E-state index < -0.39 is 0 Å². The maximum Gasteiger partial charge on any atom is 0.191 e. The molecular formula is C24H37IN4O3. The molecule has 7 nitrogen and oxygen atoms in total. The number of morpholine rings is 1. The van der Waals surface area contributed by atoms with E-state index in [9.17, 15) is 0 Å². The lowest BCUT2D eigenvalue weighted by Gasteiger charge is -2.35. The van der Waals surface area contributed by atoms with Crippen LogP contribution in [0, 0.1) is 0 Å². The predicted molar refractivity (Wildman–Crippen MR) is 138 cm³/mol. The van der Waals surface area contributed by atoms with Gasteiger partial charge in [0.1, 0.15) is 12.4 Å². The first-order valence-electron chi connectivity index (χ1n) is 11.1. The standard InChI is InChI=1S/C24H36N4O3.HI/c1-19-15-28(16-20(2)31-19)17-22-9-5-4-8-21(22)14-27-24(25-3)26-11-7-12-29-18-23-10-6-13-30-23;/h4-6,8-10,13,19-20H,7,11-12,14-18H2,1-3H3,(H2,25,26,27);1H. The van der Waals surface area contributed by atoms with Gasteiger partial charge in [0.25, 0.3) is 0 Å². The molecule has 1 aliphatic rings. The third-order valence-electron chi connectivity index (χ3n) is 5.26. The van der Waals surface area contributed by atoms with Crippen LogP contribution in [0.25, 0.3) is 0 Å². The van der Waals surface area contributed by atoms with E-state index in [2.05, 4.69) is 58.6 Å². The van der Waals surface area contributed by atoms with Crippen LogP contribution in [0.2, 0.25) is 0 Å². The van der Waals surface area contributed by atoms with Gasteiger partial charge < -0.3 is 24.5 Å². The topological polar surface area (TPSA) is 71.3 Å². The molecule has 1 saturated heterocycles. The smallest absolute Gasteiger partial charge is 0.191 e. The number of hydrogen-bond acceptors (Lipinski definition) is 5. The summed E-state index contributed by atoms with van der Waals surface area (Å²) >= 11 is 0. The van der Waals surface area contributed by atoms with E-state index in [1.54, 1.807) is 13.3 Å². The minimum atomic E-state index is 0. The molecule has 1 aromatic heterocycles. The first-order chi connectivity index (χ1) is 15.1. The number of guanidine groups is 1. The Bertz CT molecular complexity index is 790. The van der Waals surface area contributed by atoms with Crippen LogP contribution in [-0.4, -0.2) is 56.4 Å². The molecule has 2 unspecified atom stereocenters. The average molecular weight is 556 g/mol. The highest BCUT2D eigenvalue weighted by Gasteiger charge is 2.22. The summed E-state index contributed by atoms with van der Waals surface area (Å²) in [7, 11) is 1.80. The SMILES string of the molecule is CN=C(NCCCOCc1ccco1)NCc1ccccc1CN1CC(C)OC(C)C1.I. The number of furan rings is 1. The van der Waals surface area contributed by atoms with Crippen LogP contribution in [0.3, 0.4) is 0 Å². The van der Waals surface area contributed by atoms with Crippen LogP contribution in [0.5, 0.6) is 0 Å². The van der Waals surface area contributed by atoms with Crippen LogP contribution in [0.4, 0.5) is 0 Å². The van der Waals surface area contributed by atoms with E-state index in [0.717, 1.165) is 50.9 Å². The summed E-state index contributed by atoms with van der Waals surface area (Å²) in [5, 5.41) is 6.79. The average Bonchev–Trinajstić information content (AvgIpc) is 3.26. The summed E-state index contributed by atoms with van der Waals surface area (Å²) in [5.74, 6) is 1.65. The summed E-state index contributed by atoms with van der Waals surface area (Å²) in [6, 6.07) is 12.4. The highest BCUT2D eigenvalue weighted by atomic mass is 127. The number of hydrogen-bond donors (Lipinski definition) is 2. The Hall–Kier alpha value is -1.62. The van der Waals surface area contributed by atoms with Crippen molar-refractivity contribution in [2.45, 2.75) is 52.2 Å². The summed E-state index contributed by atoms with van der Waals surface area (Å²) in [4.78, 5) is 6.82. The van der Waals surface area contributed by atoms with E-state index in [-0.39, 0.29) is 36.2 Å². The lowest BCUT2D eigenvalue weighted by Crippen LogP contribution is -2.45. The molecule has 8 heteroatoms. The van der Waals surface area contributed by atoms with Gasteiger partial charge in [0.05, 0.1) is 18.5 Å². The summed E-state index contributed by atoms with van der Waals surface area (Å²) < 4.78 is 16.7. The molecule has 1 aromatic carbocycles. The fourth-order valence-corrected chi connectivity index (χ4v) is 3.89. The minimum Gasteiger partial charge on any atom is -0.467 e. The molecule has 32 heavy (non-hydrogen) atoms. The molecule has 0 bridgehead atoms. The van der Waals surface area contributed by atoms with Gasteiger partial charge in [-0.25, -0.2) is 0 Å². The fraction of sp³-hybridized carbons (Fsp3) is 0.542. The second-order valence-electron chi connectivity index (χ2n) is 8.06. The second-order valence-corrected chi connectivity index (χ2v) is 8.06. The lowest BCUT2D eigenvalue weighted by atomic mass is 10.1. The summed E-state index contributed by atoms with van der Waals surface area (Å²) in [6.07, 6.45) is 3.11. The van der Waals surface area contributed by atoms with Crippen molar-refractivity contribution in [1.29, 1.82) is 0 Å². The number of rotatable bonds is 10. The minimum absolute atomic E-state index is 0. The Balaban J connectivity index is 0.00000363. The Labute approximate surface area is 209 Å². The van der Waals surface area contributed by atoms with Gasteiger partial charge in [-0.3, -0.25) is 9.89 Å². The van der Waals surface area contributed by atoms with Crippen molar-refractivity contribution in [3.8, 4) is 0 Å². The first kappa shape index (κ1) is 26.6. The predicted octanol–water partition coefficient (Wildman–Crippen LogP) is 3.78. The molecule has 2 atom stereocenters. The van der Waals surface area contributed by atoms with E-state index in [0.29, 0.717) is 13.2 Å². The van der Waals surface area contributed by atoms with Crippen LogP contribution < -0.4 is 10.6 Å². The maximum atomic E-state index is 5.87. The first-order valence-corrected chi connectivity index (χ1v) is 11.1. The number of benzene rings is 1. The molecule has 1 fully saturated rings. The van der Waals surface area contributed by atoms with Gasteiger partial charge in [0.15, 0.2) is 5.96 Å². The van der Waals surface area contributed by atoms with Crippen molar-refractivity contribution in [1.82, 2.24) is 15.5 Å². The van der Waals surface area contributed by atoms with Gasteiger partial charge in [0, 0.05) is 46.4 Å². The van der Waals surface area contributed by atoms with Crippen LogP contribution in [-0.2, 0) is 29.2 Å². The van der Waals surface area contributed by atoms with Gasteiger partial charge in [-0.1, -0.05) is 24.3 Å². The zero-order valence-corrected chi connectivity index (χ0v) is 21.7. The molecule has 0 aliphatic carbocycles. The molecule has 3 rings (SSSR count). The van der Waals surface area contributed by atoms with Gasteiger partial charge >= 0.3 is 0 Å². The normalized spacial score (nSPS) is 19.4. The third-order valence-corrected chi connectivity index (χ3v) is 5.26. The fourth-order valence-electron chi connectivity index (χ4n) is 3.89. The molecule has 2 aromatic rings. The Morgan fingerprint density at radius 2 is 1.84 bits per heavy atom. The Morgan fingerprint density at radius 3 is 2.53 bits per heavy atom. The molecule has 0 amide bonds. The highest BCUT2D eigenvalue weighted by Crippen LogP contribution is 2.17. The number of aliphatic imine (C=N–C) groups is 1. The molecule has 0 radical (unpaired) electrons. The quantitative estimate of drug-likeness (QED) is 0.201. The third kappa shape index (κ3) is 9.09. The number of halogens is 1. The second kappa shape index (κ2) is 14.5. The van der Waals surface area contributed by atoms with E-state index >= 15 is 0 Å². The summed E-state index contributed by atoms with van der Waals surface area (Å²) in [6.45, 7) is 9.88. The van der Waals surface area contributed by atoms with Gasteiger partial charge in [-0.2, -0.15) is 0 Å². The number of nitrogens with one attached hydrogen (secondary N) is 2. The lowest BCUT2D eigenvalue weighted by molar-refractivity contribution is -0.0705. The zero-order chi connectivity index (χ0) is 21.9. The number of ether oxygens (including phenoxy) is 2. The van der Waals surface area contributed by atoms with Crippen molar-refractivity contribution < 1.29 is 13.9 Å². The Kier molecular flexibility index (Phi) is 12.1. The highest BCUT2D eigenvalue weighted by molar-refractivity contribution is 14.0. The van der Waals surface area contributed by atoms with Gasteiger partial charge in [0.2, 0.25) is 0 Å². The molecular weight excluding hydrogens is 519 g/mol. The van der Waals surface area contributed by atoms with Crippen LogP contribution in [0.15, 0.2) is 52.1 Å². The van der Waals surface area contributed by atoms with Crippen molar-refractivity contribution in [2.75, 3.05) is 33.3 Å².